The highest BCUT2D eigenvalue weighted by molar-refractivity contribution is 7.80. The first-order valence-corrected chi connectivity index (χ1v) is 4.42. The molecule has 0 spiro atoms. The molecule has 1 aromatic heterocycles. The number of rotatable bonds is 1. The lowest BCUT2D eigenvalue weighted by molar-refractivity contribution is 1.32. The van der Waals surface area contributed by atoms with Gasteiger partial charge >= 0.3 is 0 Å². The normalized spacial score (nSPS) is 15.2. The Morgan fingerprint density at radius 1 is 1.31 bits per heavy atom. The first-order chi connectivity index (χ1) is 6.16. The Kier molecular flexibility index (Phi) is 2.15. The molecular weight excluding hydrogens is 231 g/mol. The highest BCUT2D eigenvalue weighted by Gasteiger charge is 2.15. The molecule has 0 atom stereocenters. The predicted molar refractivity (Wildman–Crippen MR) is 54.8 cm³/mol. The van der Waals surface area contributed by atoms with Crippen molar-refractivity contribution in [2.45, 2.75) is 0 Å². The van der Waals surface area contributed by atoms with E-state index in [2.05, 4.69) is 20.2 Å². The molecule has 66 valence electrons. The molecule has 1 aliphatic heterocycles. The largest absolute Gasteiger partial charge is 0.342 e. The van der Waals surface area contributed by atoms with Gasteiger partial charge < -0.3 is 4.98 Å². The van der Waals surface area contributed by atoms with Crippen molar-refractivity contribution in [1.82, 2.24) is 4.98 Å². The summed E-state index contributed by atoms with van der Waals surface area (Å²) in [5.74, 6) is 0.363. The number of azo groups is 1. The molecule has 0 saturated carbocycles. The van der Waals surface area contributed by atoms with Crippen molar-refractivity contribution in [3.05, 3.63) is 21.9 Å². The first-order valence-electron chi connectivity index (χ1n) is 3.25. The minimum atomic E-state index is 0.191. The maximum absolute atomic E-state index is 5.83. The van der Waals surface area contributed by atoms with Crippen LogP contribution in [0.1, 0.15) is 5.69 Å². The molecule has 0 saturated heterocycles. The lowest BCUT2D eigenvalue weighted by Crippen LogP contribution is -1.95. The zero-order chi connectivity index (χ0) is 9.42. The lowest BCUT2D eigenvalue weighted by Gasteiger charge is -1.90. The number of aromatic nitrogens is 1. The van der Waals surface area contributed by atoms with Crippen LogP contribution in [0.25, 0.3) is 0 Å². The molecule has 2 rings (SSSR count). The van der Waals surface area contributed by atoms with Gasteiger partial charge in [-0.2, -0.15) is 4.99 Å². The lowest BCUT2D eigenvalue weighted by atomic mass is 10.4. The first kappa shape index (κ1) is 8.80. The van der Waals surface area contributed by atoms with Crippen molar-refractivity contribution in [2.75, 3.05) is 0 Å². The molecule has 13 heavy (non-hydrogen) atoms. The molecule has 0 unspecified atom stereocenters. The van der Waals surface area contributed by atoms with Crippen LogP contribution in [-0.2, 0) is 0 Å². The quantitative estimate of drug-likeness (QED) is 0.745. The number of halogens is 2. The fraction of sp³-hybridized carbons (Fsp3) is 0. The topological polar surface area (TPSA) is 52.9 Å². The number of thiocarbonyl (C=S) groups is 1. The van der Waals surface area contributed by atoms with Gasteiger partial charge in [0.25, 0.3) is 0 Å². The number of hydrogen-bond donors (Lipinski definition) is 1. The van der Waals surface area contributed by atoms with Crippen LogP contribution in [0.15, 0.2) is 21.3 Å². The molecule has 1 aliphatic rings. The standard InChI is InChI=1S/C6H2Cl2N4S/c7-2-1-3(8)9-4(2)5-10-6(13)12-11-5/h1,9H. The summed E-state index contributed by atoms with van der Waals surface area (Å²) in [4.78, 5) is 6.67. The third-order valence-corrected chi connectivity index (χ3v) is 2.07. The van der Waals surface area contributed by atoms with Gasteiger partial charge in [-0.15, -0.1) is 10.2 Å². The average molecular weight is 233 g/mol. The van der Waals surface area contributed by atoms with Crippen molar-refractivity contribution < 1.29 is 0 Å². The van der Waals surface area contributed by atoms with Crippen molar-refractivity contribution in [2.24, 2.45) is 15.2 Å². The Labute approximate surface area is 88.7 Å². The zero-order valence-electron chi connectivity index (χ0n) is 6.08. The minimum absolute atomic E-state index is 0.191. The predicted octanol–water partition coefficient (Wildman–Crippen LogP) is 2.82. The summed E-state index contributed by atoms with van der Waals surface area (Å²) >= 11 is 16.2. The SMILES string of the molecule is S=C1N=NC(c2[nH]c(Cl)cc2Cl)=N1. The maximum Gasteiger partial charge on any atom is 0.242 e. The second-order valence-electron chi connectivity index (χ2n) is 2.26. The van der Waals surface area contributed by atoms with Gasteiger partial charge in [-0.1, -0.05) is 23.2 Å². The van der Waals surface area contributed by atoms with Crippen LogP contribution in [0, 0.1) is 0 Å². The molecule has 0 aromatic carbocycles. The fourth-order valence-corrected chi connectivity index (χ4v) is 1.52. The van der Waals surface area contributed by atoms with E-state index in [-0.39, 0.29) is 5.11 Å². The summed E-state index contributed by atoms with van der Waals surface area (Å²) < 4.78 is 0. The number of aromatic amines is 1. The van der Waals surface area contributed by atoms with Crippen molar-refractivity contribution >= 4 is 46.4 Å². The Balaban J connectivity index is 2.47. The van der Waals surface area contributed by atoms with Gasteiger partial charge in [0.05, 0.1) is 5.02 Å². The third-order valence-electron chi connectivity index (χ3n) is 1.39. The summed E-state index contributed by atoms with van der Waals surface area (Å²) in [6.07, 6.45) is 0. The molecule has 2 heterocycles. The minimum Gasteiger partial charge on any atom is -0.342 e. The molecular formula is C6H2Cl2N4S. The number of amidine groups is 1. The van der Waals surface area contributed by atoms with E-state index in [0.717, 1.165) is 0 Å². The molecule has 0 radical (unpaired) electrons. The van der Waals surface area contributed by atoms with Gasteiger partial charge in [0.15, 0.2) is 0 Å². The summed E-state index contributed by atoms with van der Waals surface area (Å²) in [5.41, 5.74) is 0.537. The highest BCUT2D eigenvalue weighted by Crippen LogP contribution is 2.22. The Hall–Kier alpha value is -0.780. The summed E-state index contributed by atoms with van der Waals surface area (Å²) in [5, 5.41) is 8.37. The van der Waals surface area contributed by atoms with E-state index in [1.165, 1.54) is 0 Å². The smallest absolute Gasteiger partial charge is 0.242 e. The average Bonchev–Trinajstić information content (AvgIpc) is 2.58. The molecule has 0 fully saturated rings. The highest BCUT2D eigenvalue weighted by atomic mass is 35.5. The Bertz CT molecular complexity index is 434. The molecule has 0 amide bonds. The molecule has 7 heteroatoms. The van der Waals surface area contributed by atoms with E-state index in [0.29, 0.717) is 21.7 Å². The van der Waals surface area contributed by atoms with E-state index in [1.54, 1.807) is 6.07 Å². The van der Waals surface area contributed by atoms with Gasteiger partial charge in [0, 0.05) is 0 Å². The number of aliphatic imine (C=N–C) groups is 1. The third kappa shape index (κ3) is 1.63. The number of H-pyrrole nitrogens is 1. The van der Waals surface area contributed by atoms with Crippen molar-refractivity contribution in [3.63, 3.8) is 0 Å². The van der Waals surface area contributed by atoms with Crippen LogP contribution in [0.4, 0.5) is 0 Å². The van der Waals surface area contributed by atoms with Crippen LogP contribution >= 0.6 is 35.4 Å². The fourth-order valence-electron chi connectivity index (χ4n) is 0.893. The van der Waals surface area contributed by atoms with E-state index in [4.69, 9.17) is 35.4 Å². The summed E-state index contributed by atoms with van der Waals surface area (Å²) in [7, 11) is 0. The monoisotopic (exact) mass is 232 g/mol. The summed E-state index contributed by atoms with van der Waals surface area (Å²) in [6.45, 7) is 0. The van der Waals surface area contributed by atoms with Crippen LogP contribution in [0.3, 0.4) is 0 Å². The maximum atomic E-state index is 5.83. The van der Waals surface area contributed by atoms with E-state index in [1.807, 2.05) is 0 Å². The summed E-state index contributed by atoms with van der Waals surface area (Å²) in [6, 6.07) is 1.57. The number of hydrogen-bond acceptors (Lipinski definition) is 2. The molecule has 0 bridgehead atoms. The van der Waals surface area contributed by atoms with Gasteiger partial charge in [-0.25, -0.2) is 0 Å². The van der Waals surface area contributed by atoms with Crippen LogP contribution < -0.4 is 0 Å². The molecule has 4 nitrogen and oxygen atoms in total. The van der Waals surface area contributed by atoms with Crippen LogP contribution in [-0.4, -0.2) is 15.9 Å². The van der Waals surface area contributed by atoms with Gasteiger partial charge in [-0.05, 0) is 18.3 Å². The van der Waals surface area contributed by atoms with Gasteiger partial charge in [0.1, 0.15) is 10.8 Å². The van der Waals surface area contributed by atoms with Gasteiger partial charge in [0.2, 0.25) is 10.9 Å². The number of nitrogens with zero attached hydrogens (tertiary/aromatic N) is 3. The Morgan fingerprint density at radius 2 is 2.08 bits per heavy atom. The second kappa shape index (κ2) is 3.17. The number of nitrogens with one attached hydrogen (secondary N) is 1. The van der Waals surface area contributed by atoms with Crippen LogP contribution in [0.2, 0.25) is 10.2 Å². The van der Waals surface area contributed by atoms with Crippen molar-refractivity contribution in [1.29, 1.82) is 0 Å². The van der Waals surface area contributed by atoms with Gasteiger partial charge in [-0.3, -0.25) is 0 Å². The second-order valence-corrected chi connectivity index (χ2v) is 3.44. The van der Waals surface area contributed by atoms with E-state index in [9.17, 15) is 0 Å². The van der Waals surface area contributed by atoms with E-state index >= 15 is 0 Å². The molecule has 0 aliphatic carbocycles. The van der Waals surface area contributed by atoms with Crippen LogP contribution in [0.5, 0.6) is 0 Å². The molecule has 1 aromatic rings. The molecule has 1 N–H and O–H groups in total. The zero-order valence-corrected chi connectivity index (χ0v) is 8.41. The van der Waals surface area contributed by atoms with Crippen molar-refractivity contribution in [3.8, 4) is 0 Å². The Morgan fingerprint density at radius 3 is 2.54 bits per heavy atom. The van der Waals surface area contributed by atoms with E-state index < -0.39 is 0 Å².